The van der Waals surface area contributed by atoms with Crippen molar-refractivity contribution in [1.29, 1.82) is 0 Å². The Morgan fingerprint density at radius 3 is 2.72 bits per heavy atom. The van der Waals surface area contributed by atoms with Crippen LogP contribution in [0.1, 0.15) is 18.9 Å². The first-order valence-corrected chi connectivity index (χ1v) is 6.10. The van der Waals surface area contributed by atoms with Gasteiger partial charge >= 0.3 is 0 Å². The molecule has 18 heavy (non-hydrogen) atoms. The van der Waals surface area contributed by atoms with Crippen molar-refractivity contribution >= 4 is 23.0 Å². The third-order valence-corrected chi connectivity index (χ3v) is 3.56. The summed E-state index contributed by atoms with van der Waals surface area (Å²) in [4.78, 5) is 12.3. The molecule has 0 spiro atoms. The number of β-amino-alcohol motifs (C(OH)–C–C–N with tert-alkyl or cyclic N) is 1. The van der Waals surface area contributed by atoms with Gasteiger partial charge in [-0.3, -0.25) is 10.1 Å². The lowest BCUT2D eigenvalue weighted by Crippen LogP contribution is -2.29. The second-order valence-electron chi connectivity index (χ2n) is 5.02. The zero-order valence-electron chi connectivity index (χ0n) is 10.3. The lowest BCUT2D eigenvalue weighted by atomic mass is 10.1. The van der Waals surface area contributed by atoms with Gasteiger partial charge in [0.15, 0.2) is 0 Å². The second-order valence-corrected chi connectivity index (χ2v) is 5.42. The zero-order chi connectivity index (χ0) is 13.5. The van der Waals surface area contributed by atoms with E-state index in [-0.39, 0.29) is 5.69 Å². The lowest BCUT2D eigenvalue weighted by Gasteiger charge is -2.22. The SMILES string of the molecule is Cc1cc(N2CCC(C)(O)C2)c(Cl)cc1[N+](=O)[O-]. The maximum Gasteiger partial charge on any atom is 0.273 e. The second kappa shape index (κ2) is 4.40. The first-order chi connectivity index (χ1) is 8.30. The van der Waals surface area contributed by atoms with Crippen LogP contribution in [0, 0.1) is 17.0 Å². The molecule has 1 aromatic rings. The molecule has 1 heterocycles. The van der Waals surface area contributed by atoms with Gasteiger partial charge in [0, 0.05) is 24.7 Å². The Kier molecular flexibility index (Phi) is 3.21. The predicted octanol–water partition coefficient (Wildman–Crippen LogP) is 2.52. The number of nitro benzene ring substituents is 1. The van der Waals surface area contributed by atoms with Crippen LogP contribution >= 0.6 is 11.6 Å². The van der Waals surface area contributed by atoms with Crippen LogP contribution in [0.25, 0.3) is 0 Å². The Morgan fingerprint density at radius 2 is 2.22 bits per heavy atom. The summed E-state index contributed by atoms with van der Waals surface area (Å²) in [6, 6.07) is 3.08. The van der Waals surface area contributed by atoms with Crippen molar-refractivity contribution in [2.45, 2.75) is 25.9 Å². The third kappa shape index (κ3) is 2.42. The minimum Gasteiger partial charge on any atom is -0.388 e. The van der Waals surface area contributed by atoms with Crippen molar-refractivity contribution in [3.8, 4) is 0 Å². The fourth-order valence-electron chi connectivity index (χ4n) is 2.25. The summed E-state index contributed by atoms with van der Waals surface area (Å²) in [6.07, 6.45) is 0.666. The van der Waals surface area contributed by atoms with E-state index in [4.69, 9.17) is 11.6 Å². The Bertz CT molecular complexity index is 502. The average molecular weight is 271 g/mol. The van der Waals surface area contributed by atoms with Crippen molar-refractivity contribution in [2.75, 3.05) is 18.0 Å². The number of aliphatic hydroxyl groups is 1. The third-order valence-electron chi connectivity index (χ3n) is 3.25. The molecular formula is C12H15ClN2O3. The Balaban J connectivity index is 2.36. The van der Waals surface area contributed by atoms with Gasteiger partial charge in [0.2, 0.25) is 0 Å². The van der Waals surface area contributed by atoms with Crippen LogP contribution in [-0.4, -0.2) is 28.7 Å². The van der Waals surface area contributed by atoms with Gasteiger partial charge in [-0.1, -0.05) is 11.6 Å². The average Bonchev–Trinajstić information content (AvgIpc) is 2.61. The highest BCUT2D eigenvalue weighted by Gasteiger charge is 2.32. The molecule has 1 unspecified atom stereocenters. The Morgan fingerprint density at radius 1 is 1.56 bits per heavy atom. The minimum atomic E-state index is -0.723. The zero-order valence-corrected chi connectivity index (χ0v) is 11.1. The predicted molar refractivity (Wildman–Crippen MR) is 70.3 cm³/mol. The van der Waals surface area contributed by atoms with Crippen molar-refractivity contribution in [3.63, 3.8) is 0 Å². The van der Waals surface area contributed by atoms with E-state index in [1.54, 1.807) is 19.9 Å². The molecule has 0 aromatic heterocycles. The van der Waals surface area contributed by atoms with Crippen LogP contribution in [0.3, 0.4) is 0 Å². The van der Waals surface area contributed by atoms with Crippen LogP contribution in [-0.2, 0) is 0 Å². The van der Waals surface area contributed by atoms with Gasteiger partial charge in [0.25, 0.3) is 5.69 Å². The van der Waals surface area contributed by atoms with Crippen LogP contribution in [0.2, 0.25) is 5.02 Å². The molecule has 6 heteroatoms. The van der Waals surface area contributed by atoms with Gasteiger partial charge in [-0.2, -0.15) is 0 Å². The molecule has 0 aliphatic carbocycles. The van der Waals surface area contributed by atoms with Crippen LogP contribution in [0.4, 0.5) is 11.4 Å². The van der Waals surface area contributed by atoms with Crippen LogP contribution in [0.15, 0.2) is 12.1 Å². The number of nitro groups is 1. The molecule has 1 aliphatic heterocycles. The first-order valence-electron chi connectivity index (χ1n) is 5.72. The fraction of sp³-hybridized carbons (Fsp3) is 0.500. The molecule has 1 atom stereocenters. The molecule has 1 aromatic carbocycles. The summed E-state index contributed by atoms with van der Waals surface area (Å²) in [5.41, 5.74) is 0.622. The van der Waals surface area contributed by atoms with Crippen LogP contribution < -0.4 is 4.90 Å². The molecule has 1 N–H and O–H groups in total. The van der Waals surface area contributed by atoms with E-state index in [9.17, 15) is 15.2 Å². The highest BCUT2D eigenvalue weighted by molar-refractivity contribution is 6.33. The number of benzene rings is 1. The van der Waals surface area contributed by atoms with Crippen LogP contribution in [0.5, 0.6) is 0 Å². The van der Waals surface area contributed by atoms with E-state index in [1.807, 2.05) is 4.90 Å². The minimum absolute atomic E-state index is 0.0229. The summed E-state index contributed by atoms with van der Waals surface area (Å²) < 4.78 is 0. The van der Waals surface area contributed by atoms with Gasteiger partial charge in [0.05, 0.1) is 21.2 Å². The normalized spacial score (nSPS) is 23.4. The number of halogens is 1. The number of aryl methyl sites for hydroxylation is 1. The van der Waals surface area contributed by atoms with Crippen molar-refractivity contribution in [3.05, 3.63) is 32.8 Å². The van der Waals surface area contributed by atoms with E-state index < -0.39 is 10.5 Å². The summed E-state index contributed by atoms with van der Waals surface area (Å²) in [5.74, 6) is 0. The van der Waals surface area contributed by atoms with Crippen molar-refractivity contribution < 1.29 is 10.0 Å². The topological polar surface area (TPSA) is 66.6 Å². The molecule has 1 aliphatic rings. The number of hydrogen-bond acceptors (Lipinski definition) is 4. The van der Waals surface area contributed by atoms with Crippen molar-refractivity contribution in [1.82, 2.24) is 0 Å². The molecule has 2 rings (SSSR count). The first kappa shape index (κ1) is 13.1. The molecule has 0 bridgehead atoms. The fourth-order valence-corrected chi connectivity index (χ4v) is 2.52. The molecule has 1 saturated heterocycles. The molecule has 1 fully saturated rings. The number of anilines is 1. The van der Waals surface area contributed by atoms with E-state index in [1.165, 1.54) is 6.07 Å². The molecule has 5 nitrogen and oxygen atoms in total. The summed E-state index contributed by atoms with van der Waals surface area (Å²) in [7, 11) is 0. The van der Waals surface area contributed by atoms with Gasteiger partial charge < -0.3 is 10.0 Å². The highest BCUT2D eigenvalue weighted by Crippen LogP contribution is 2.36. The molecule has 0 radical (unpaired) electrons. The number of hydrogen-bond donors (Lipinski definition) is 1. The smallest absolute Gasteiger partial charge is 0.273 e. The maximum absolute atomic E-state index is 10.8. The maximum atomic E-state index is 10.8. The summed E-state index contributed by atoms with van der Waals surface area (Å²) >= 11 is 6.09. The lowest BCUT2D eigenvalue weighted by molar-refractivity contribution is -0.385. The van der Waals surface area contributed by atoms with E-state index in [2.05, 4.69) is 0 Å². The molecular weight excluding hydrogens is 256 g/mol. The van der Waals surface area contributed by atoms with E-state index in [0.717, 1.165) is 5.69 Å². The van der Waals surface area contributed by atoms with E-state index >= 15 is 0 Å². The van der Waals surface area contributed by atoms with E-state index in [0.29, 0.717) is 30.1 Å². The Hall–Kier alpha value is -1.33. The van der Waals surface area contributed by atoms with Gasteiger partial charge in [-0.05, 0) is 26.3 Å². The summed E-state index contributed by atoms with van der Waals surface area (Å²) in [6.45, 7) is 4.65. The number of nitrogens with zero attached hydrogens (tertiary/aromatic N) is 2. The quantitative estimate of drug-likeness (QED) is 0.662. The number of rotatable bonds is 2. The monoisotopic (exact) mass is 270 g/mol. The van der Waals surface area contributed by atoms with Gasteiger partial charge in [-0.15, -0.1) is 0 Å². The summed E-state index contributed by atoms with van der Waals surface area (Å²) in [5, 5.41) is 21.1. The van der Waals surface area contributed by atoms with Gasteiger partial charge in [-0.25, -0.2) is 0 Å². The molecule has 0 amide bonds. The Labute approximate surface area is 110 Å². The standard InChI is InChI=1S/C12H15ClN2O3/c1-8-5-11(9(13)6-10(8)15(17)18)14-4-3-12(2,16)7-14/h5-6,16H,3-4,7H2,1-2H3. The largest absolute Gasteiger partial charge is 0.388 e. The van der Waals surface area contributed by atoms with Gasteiger partial charge in [0.1, 0.15) is 0 Å². The highest BCUT2D eigenvalue weighted by atomic mass is 35.5. The molecule has 0 saturated carbocycles. The molecule has 98 valence electrons. The van der Waals surface area contributed by atoms with Crippen molar-refractivity contribution in [2.24, 2.45) is 0 Å².